The number of unbranched alkanes of at least 4 members (excludes halogenated alkanes) is 1. The summed E-state index contributed by atoms with van der Waals surface area (Å²) in [6.07, 6.45) is 6.36. The van der Waals surface area contributed by atoms with Gasteiger partial charge in [-0.1, -0.05) is 18.6 Å². The van der Waals surface area contributed by atoms with Gasteiger partial charge in [0.1, 0.15) is 0 Å². The Labute approximate surface area is 101 Å². The monoisotopic (exact) mass is 244 g/mol. The predicted octanol–water partition coefficient (Wildman–Crippen LogP) is 1.66. The molecule has 5 nitrogen and oxygen atoms in total. The van der Waals surface area contributed by atoms with Crippen LogP contribution in [0, 0.1) is 5.92 Å². The zero-order valence-corrected chi connectivity index (χ0v) is 9.84. The summed E-state index contributed by atoms with van der Waals surface area (Å²) in [4.78, 5) is 20.5. The average molecular weight is 244 g/mol. The standard InChI is InChI=1S/C12H20O5/c13-9-10(5-1-3-7-11(14)15)6-2-4-8-12(16)17/h1,5,10,13H,2-4,6-9H2,(H,14,15)(H,16,17)/b5-1+. The number of rotatable bonds is 10. The van der Waals surface area contributed by atoms with E-state index >= 15 is 0 Å². The number of aliphatic carboxylic acids is 2. The van der Waals surface area contributed by atoms with Crippen molar-refractivity contribution in [3.05, 3.63) is 12.2 Å². The van der Waals surface area contributed by atoms with Gasteiger partial charge >= 0.3 is 11.9 Å². The molecule has 0 saturated carbocycles. The third-order valence-electron chi connectivity index (χ3n) is 2.38. The van der Waals surface area contributed by atoms with E-state index in [1.54, 1.807) is 6.08 Å². The lowest BCUT2D eigenvalue weighted by atomic mass is 10.0. The van der Waals surface area contributed by atoms with E-state index in [-0.39, 0.29) is 25.4 Å². The van der Waals surface area contributed by atoms with Crippen LogP contribution >= 0.6 is 0 Å². The van der Waals surface area contributed by atoms with Crippen LogP contribution in [0.5, 0.6) is 0 Å². The van der Waals surface area contributed by atoms with E-state index in [1.165, 1.54) is 0 Å². The van der Waals surface area contributed by atoms with Gasteiger partial charge in [0.15, 0.2) is 0 Å². The van der Waals surface area contributed by atoms with E-state index in [9.17, 15) is 9.59 Å². The topological polar surface area (TPSA) is 94.8 Å². The van der Waals surface area contributed by atoms with Crippen molar-refractivity contribution in [1.82, 2.24) is 0 Å². The molecule has 1 atom stereocenters. The third-order valence-corrected chi connectivity index (χ3v) is 2.38. The van der Waals surface area contributed by atoms with Gasteiger partial charge in [0.05, 0.1) is 0 Å². The van der Waals surface area contributed by atoms with E-state index in [2.05, 4.69) is 0 Å². The normalized spacial score (nSPS) is 12.8. The molecule has 0 rings (SSSR count). The molecule has 1 unspecified atom stereocenters. The smallest absolute Gasteiger partial charge is 0.303 e. The summed E-state index contributed by atoms with van der Waals surface area (Å²) in [6, 6.07) is 0. The van der Waals surface area contributed by atoms with Gasteiger partial charge < -0.3 is 15.3 Å². The van der Waals surface area contributed by atoms with E-state index in [4.69, 9.17) is 15.3 Å². The molecule has 0 bridgehead atoms. The maximum absolute atomic E-state index is 10.3. The summed E-state index contributed by atoms with van der Waals surface area (Å²) in [6.45, 7) is 0.0106. The van der Waals surface area contributed by atoms with Gasteiger partial charge in [0.25, 0.3) is 0 Å². The van der Waals surface area contributed by atoms with E-state index in [0.717, 1.165) is 12.8 Å². The summed E-state index contributed by atoms with van der Waals surface area (Å²) in [5, 5.41) is 25.9. The molecule has 0 aromatic carbocycles. The largest absolute Gasteiger partial charge is 0.481 e. The van der Waals surface area contributed by atoms with E-state index in [1.807, 2.05) is 6.08 Å². The molecule has 0 aromatic rings. The molecule has 0 radical (unpaired) electrons. The van der Waals surface area contributed by atoms with Crippen LogP contribution in [0.2, 0.25) is 0 Å². The molecule has 0 spiro atoms. The van der Waals surface area contributed by atoms with Crippen LogP contribution in [0.3, 0.4) is 0 Å². The van der Waals surface area contributed by atoms with Gasteiger partial charge in [0.2, 0.25) is 0 Å². The first-order valence-electron chi connectivity index (χ1n) is 5.77. The highest BCUT2D eigenvalue weighted by atomic mass is 16.4. The summed E-state index contributed by atoms with van der Waals surface area (Å²) in [5.74, 6) is -1.64. The maximum atomic E-state index is 10.3. The molecule has 0 aromatic heterocycles. The van der Waals surface area contributed by atoms with Crippen LogP contribution in [-0.2, 0) is 9.59 Å². The molecule has 5 heteroatoms. The Balaban J connectivity index is 3.68. The molecule has 98 valence electrons. The molecule has 0 amide bonds. The minimum absolute atomic E-state index is 0.00223. The number of hydrogen-bond acceptors (Lipinski definition) is 3. The Bertz CT molecular complexity index is 260. The van der Waals surface area contributed by atoms with Crippen molar-refractivity contribution in [2.45, 2.75) is 38.5 Å². The molecule has 0 aliphatic rings. The van der Waals surface area contributed by atoms with Gasteiger partial charge in [-0.2, -0.15) is 0 Å². The first kappa shape index (κ1) is 15.6. The summed E-state index contributed by atoms with van der Waals surface area (Å²) >= 11 is 0. The second-order valence-corrected chi connectivity index (χ2v) is 3.94. The molecule has 0 fully saturated rings. The fourth-order valence-electron chi connectivity index (χ4n) is 1.43. The quantitative estimate of drug-likeness (QED) is 0.401. The summed E-state index contributed by atoms with van der Waals surface area (Å²) in [5.41, 5.74) is 0. The minimum atomic E-state index is -0.836. The predicted molar refractivity (Wildman–Crippen MR) is 62.7 cm³/mol. The number of aliphatic hydroxyl groups is 1. The van der Waals surface area contributed by atoms with Gasteiger partial charge in [-0.3, -0.25) is 9.59 Å². The van der Waals surface area contributed by atoms with Crippen molar-refractivity contribution < 1.29 is 24.9 Å². The second kappa shape index (κ2) is 9.84. The number of carboxylic acid groups (broad SMARTS) is 2. The number of aliphatic hydroxyl groups excluding tert-OH is 1. The average Bonchev–Trinajstić information content (AvgIpc) is 2.26. The van der Waals surface area contributed by atoms with Crippen LogP contribution in [-0.4, -0.2) is 33.9 Å². The number of carboxylic acids is 2. The zero-order valence-electron chi connectivity index (χ0n) is 9.84. The van der Waals surface area contributed by atoms with Gasteiger partial charge in [-0.15, -0.1) is 0 Å². The van der Waals surface area contributed by atoms with Crippen molar-refractivity contribution in [3.8, 4) is 0 Å². The lowest BCUT2D eigenvalue weighted by Crippen LogP contribution is -2.03. The summed E-state index contributed by atoms with van der Waals surface area (Å²) in [7, 11) is 0. The molecule has 0 saturated heterocycles. The highest BCUT2D eigenvalue weighted by Crippen LogP contribution is 2.11. The van der Waals surface area contributed by atoms with Gasteiger partial charge in [-0.25, -0.2) is 0 Å². The molecule has 17 heavy (non-hydrogen) atoms. The highest BCUT2D eigenvalue weighted by Gasteiger charge is 2.04. The first-order chi connectivity index (χ1) is 8.06. The highest BCUT2D eigenvalue weighted by molar-refractivity contribution is 5.67. The lowest BCUT2D eigenvalue weighted by molar-refractivity contribution is -0.138. The van der Waals surface area contributed by atoms with Gasteiger partial charge in [0, 0.05) is 19.4 Å². The Hall–Kier alpha value is -1.36. The number of hydrogen-bond donors (Lipinski definition) is 3. The minimum Gasteiger partial charge on any atom is -0.481 e. The SMILES string of the molecule is O=C(O)CC/C=C/C(CO)CCCCC(=O)O. The van der Waals surface area contributed by atoms with Crippen molar-refractivity contribution in [3.63, 3.8) is 0 Å². The molecular weight excluding hydrogens is 224 g/mol. The lowest BCUT2D eigenvalue weighted by Gasteiger charge is -2.08. The molecule has 3 N–H and O–H groups in total. The van der Waals surface area contributed by atoms with Crippen molar-refractivity contribution >= 4 is 11.9 Å². The Morgan fingerprint density at radius 1 is 1.06 bits per heavy atom. The number of carbonyl (C=O) groups is 2. The molecule has 0 heterocycles. The molecule has 0 aliphatic carbocycles. The van der Waals surface area contributed by atoms with Crippen molar-refractivity contribution in [2.75, 3.05) is 6.61 Å². The van der Waals surface area contributed by atoms with Crippen LogP contribution in [0.15, 0.2) is 12.2 Å². The Morgan fingerprint density at radius 2 is 1.71 bits per heavy atom. The van der Waals surface area contributed by atoms with Crippen LogP contribution in [0.1, 0.15) is 38.5 Å². The summed E-state index contributed by atoms with van der Waals surface area (Å²) < 4.78 is 0. The fourth-order valence-corrected chi connectivity index (χ4v) is 1.43. The molecular formula is C12H20O5. The van der Waals surface area contributed by atoms with Crippen LogP contribution in [0.4, 0.5) is 0 Å². The second-order valence-electron chi connectivity index (χ2n) is 3.94. The van der Waals surface area contributed by atoms with Crippen LogP contribution < -0.4 is 0 Å². The zero-order chi connectivity index (χ0) is 13.1. The van der Waals surface area contributed by atoms with E-state index < -0.39 is 11.9 Å². The van der Waals surface area contributed by atoms with E-state index in [0.29, 0.717) is 12.8 Å². The third kappa shape index (κ3) is 10.9. The Morgan fingerprint density at radius 3 is 2.24 bits per heavy atom. The van der Waals surface area contributed by atoms with Crippen LogP contribution in [0.25, 0.3) is 0 Å². The van der Waals surface area contributed by atoms with Crippen molar-refractivity contribution in [1.29, 1.82) is 0 Å². The molecule has 0 aliphatic heterocycles. The number of allylic oxidation sites excluding steroid dienone is 1. The Kier molecular flexibility index (Phi) is 9.05. The maximum Gasteiger partial charge on any atom is 0.303 e. The fraction of sp³-hybridized carbons (Fsp3) is 0.667. The van der Waals surface area contributed by atoms with Gasteiger partial charge in [-0.05, 0) is 25.2 Å². The first-order valence-corrected chi connectivity index (χ1v) is 5.77. The van der Waals surface area contributed by atoms with Crippen molar-refractivity contribution in [2.24, 2.45) is 5.92 Å².